The zero-order valence-corrected chi connectivity index (χ0v) is 9.10. The van der Waals surface area contributed by atoms with Crippen molar-refractivity contribution in [3.63, 3.8) is 0 Å². The summed E-state index contributed by atoms with van der Waals surface area (Å²) in [5.74, 6) is 4.74. The molecule has 0 amide bonds. The third-order valence-electron chi connectivity index (χ3n) is 2.56. The second-order valence-corrected chi connectivity index (χ2v) is 4.09. The van der Waals surface area contributed by atoms with Crippen LogP contribution in [-0.2, 0) is 4.79 Å². The Kier molecular flexibility index (Phi) is 3.52. The van der Waals surface area contributed by atoms with Crippen molar-refractivity contribution in [1.82, 2.24) is 9.91 Å². The maximum Gasteiger partial charge on any atom is 0.326 e. The Morgan fingerprint density at radius 1 is 1.53 bits per heavy atom. The molecular weight excluding hydrogens is 196 g/mol. The number of aliphatic carboxylic acids is 1. The lowest BCUT2D eigenvalue weighted by Crippen LogP contribution is -2.59. The van der Waals surface area contributed by atoms with Gasteiger partial charge in [-0.2, -0.15) is 0 Å². The quantitative estimate of drug-likeness (QED) is 0.571. The fourth-order valence-electron chi connectivity index (χ4n) is 1.84. The first-order valence-electron chi connectivity index (χ1n) is 5.05. The molecule has 86 valence electrons. The predicted octanol–water partition coefficient (Wildman–Crippen LogP) is -0.0882. The van der Waals surface area contributed by atoms with Gasteiger partial charge in [0.25, 0.3) is 0 Å². The summed E-state index contributed by atoms with van der Waals surface area (Å²) in [6.45, 7) is 4.87. The van der Waals surface area contributed by atoms with Crippen molar-refractivity contribution in [1.29, 1.82) is 5.41 Å². The fourth-order valence-corrected chi connectivity index (χ4v) is 1.84. The van der Waals surface area contributed by atoms with E-state index >= 15 is 0 Å². The molecule has 0 aromatic heterocycles. The topological polar surface area (TPSA) is 93.7 Å². The van der Waals surface area contributed by atoms with E-state index in [1.165, 1.54) is 5.01 Å². The number of hydrogen-bond acceptors (Lipinski definition) is 3. The number of hydrogen-bond donors (Lipinski definition) is 3. The number of carboxylic acid groups (broad SMARTS) is 1. The van der Waals surface area contributed by atoms with Gasteiger partial charge in [-0.3, -0.25) is 10.4 Å². The Bertz CT molecular complexity index is 267. The Hall–Kier alpha value is -1.30. The first-order chi connectivity index (χ1) is 6.95. The Morgan fingerprint density at radius 2 is 2.13 bits per heavy atom. The lowest BCUT2D eigenvalue weighted by molar-refractivity contribution is -0.143. The lowest BCUT2D eigenvalue weighted by Gasteiger charge is -2.40. The summed E-state index contributed by atoms with van der Waals surface area (Å²) in [5.41, 5.74) is 0. The van der Waals surface area contributed by atoms with Crippen LogP contribution in [0.25, 0.3) is 0 Å². The summed E-state index contributed by atoms with van der Waals surface area (Å²) in [5, 5.41) is 18.1. The maximum atomic E-state index is 11.1. The van der Waals surface area contributed by atoms with Crippen molar-refractivity contribution in [2.75, 3.05) is 13.1 Å². The average Bonchev–Trinajstić information content (AvgIpc) is 2.11. The van der Waals surface area contributed by atoms with Crippen molar-refractivity contribution >= 4 is 11.9 Å². The van der Waals surface area contributed by atoms with Gasteiger partial charge in [-0.15, -0.1) is 0 Å². The molecule has 4 N–H and O–H groups in total. The molecule has 1 aliphatic heterocycles. The molecule has 1 atom stereocenters. The summed E-state index contributed by atoms with van der Waals surface area (Å²) >= 11 is 0. The van der Waals surface area contributed by atoms with E-state index in [1.54, 1.807) is 4.90 Å². The first kappa shape index (κ1) is 11.8. The molecule has 0 saturated carbocycles. The number of carboxylic acids is 1. The largest absolute Gasteiger partial charge is 0.480 e. The van der Waals surface area contributed by atoms with Gasteiger partial charge in [0.15, 0.2) is 0 Å². The van der Waals surface area contributed by atoms with Crippen molar-refractivity contribution in [3.8, 4) is 0 Å². The van der Waals surface area contributed by atoms with E-state index in [1.807, 2.05) is 13.8 Å². The van der Waals surface area contributed by atoms with Crippen LogP contribution in [0.4, 0.5) is 0 Å². The monoisotopic (exact) mass is 214 g/mol. The predicted molar refractivity (Wildman–Crippen MR) is 56.2 cm³/mol. The summed E-state index contributed by atoms with van der Waals surface area (Å²) in [4.78, 5) is 12.6. The van der Waals surface area contributed by atoms with Gasteiger partial charge in [0.05, 0.1) is 0 Å². The number of hydrazine groups is 1. The van der Waals surface area contributed by atoms with E-state index in [2.05, 4.69) is 0 Å². The number of nitrogens with zero attached hydrogens (tertiary/aromatic N) is 2. The molecule has 1 unspecified atom stereocenters. The van der Waals surface area contributed by atoms with Gasteiger partial charge in [0, 0.05) is 13.1 Å². The Balaban J connectivity index is 2.83. The van der Waals surface area contributed by atoms with Gasteiger partial charge in [-0.25, -0.2) is 10.6 Å². The van der Waals surface area contributed by atoms with Crippen LogP contribution in [0, 0.1) is 11.3 Å². The second kappa shape index (κ2) is 4.48. The SMILES string of the molecule is CC(C)C(C(=O)O)N1CCCN(N)C1=N. The van der Waals surface area contributed by atoms with Crippen LogP contribution < -0.4 is 5.84 Å². The number of rotatable bonds is 3. The Morgan fingerprint density at radius 3 is 2.60 bits per heavy atom. The van der Waals surface area contributed by atoms with Crippen LogP contribution in [0.5, 0.6) is 0 Å². The minimum atomic E-state index is -0.898. The summed E-state index contributed by atoms with van der Waals surface area (Å²) in [7, 11) is 0. The van der Waals surface area contributed by atoms with Crippen LogP contribution in [0.2, 0.25) is 0 Å². The number of nitrogens with one attached hydrogen (secondary N) is 1. The molecular formula is C9H18N4O2. The van der Waals surface area contributed by atoms with Crippen LogP contribution >= 0.6 is 0 Å². The minimum Gasteiger partial charge on any atom is -0.480 e. The Labute approximate surface area is 89.1 Å². The third kappa shape index (κ3) is 2.38. The van der Waals surface area contributed by atoms with Crippen LogP contribution in [0.3, 0.4) is 0 Å². The van der Waals surface area contributed by atoms with E-state index < -0.39 is 12.0 Å². The molecule has 15 heavy (non-hydrogen) atoms. The highest BCUT2D eigenvalue weighted by atomic mass is 16.4. The van der Waals surface area contributed by atoms with Crippen LogP contribution in [0.1, 0.15) is 20.3 Å². The van der Waals surface area contributed by atoms with Crippen molar-refractivity contribution in [2.24, 2.45) is 11.8 Å². The van der Waals surface area contributed by atoms with Crippen molar-refractivity contribution in [2.45, 2.75) is 26.3 Å². The smallest absolute Gasteiger partial charge is 0.326 e. The van der Waals surface area contributed by atoms with E-state index in [0.717, 1.165) is 6.42 Å². The highest BCUT2D eigenvalue weighted by molar-refractivity contribution is 5.84. The number of carbonyl (C=O) groups is 1. The zero-order chi connectivity index (χ0) is 11.6. The van der Waals surface area contributed by atoms with Crippen molar-refractivity contribution < 1.29 is 9.90 Å². The summed E-state index contributed by atoms with van der Waals surface area (Å²) in [6.07, 6.45) is 0.787. The van der Waals surface area contributed by atoms with Gasteiger partial charge >= 0.3 is 5.97 Å². The highest BCUT2D eigenvalue weighted by Gasteiger charge is 2.33. The standard InChI is InChI=1S/C9H18N4O2/c1-6(2)7(8(14)15)12-4-3-5-13(11)9(12)10/h6-7,10H,3-5,11H2,1-2H3,(H,14,15). The summed E-state index contributed by atoms with van der Waals surface area (Å²) in [6, 6.07) is -0.663. The molecule has 6 heteroatoms. The molecule has 0 spiro atoms. The summed E-state index contributed by atoms with van der Waals surface area (Å²) < 4.78 is 0. The molecule has 1 aliphatic rings. The number of nitrogens with two attached hydrogens (primary N) is 1. The zero-order valence-electron chi connectivity index (χ0n) is 9.10. The van der Waals surface area contributed by atoms with Crippen molar-refractivity contribution in [3.05, 3.63) is 0 Å². The molecule has 1 saturated heterocycles. The highest BCUT2D eigenvalue weighted by Crippen LogP contribution is 2.16. The maximum absolute atomic E-state index is 11.1. The van der Waals surface area contributed by atoms with E-state index in [0.29, 0.717) is 13.1 Å². The van der Waals surface area contributed by atoms with Gasteiger partial charge in [0.1, 0.15) is 6.04 Å². The van der Waals surface area contributed by atoms with E-state index in [4.69, 9.17) is 16.4 Å². The van der Waals surface area contributed by atoms with Gasteiger partial charge in [-0.1, -0.05) is 13.8 Å². The van der Waals surface area contributed by atoms with Crippen LogP contribution in [-0.4, -0.2) is 46.1 Å². The number of guanidine groups is 1. The van der Waals surface area contributed by atoms with Crippen LogP contribution in [0.15, 0.2) is 0 Å². The van der Waals surface area contributed by atoms with E-state index in [9.17, 15) is 4.79 Å². The van der Waals surface area contributed by atoms with Gasteiger partial charge in [0.2, 0.25) is 5.96 Å². The fraction of sp³-hybridized carbons (Fsp3) is 0.778. The normalized spacial score (nSPS) is 19.6. The molecule has 1 fully saturated rings. The minimum absolute atomic E-state index is 0.0469. The lowest BCUT2D eigenvalue weighted by atomic mass is 10.0. The average molecular weight is 214 g/mol. The molecule has 1 heterocycles. The third-order valence-corrected chi connectivity index (χ3v) is 2.56. The molecule has 6 nitrogen and oxygen atoms in total. The second-order valence-electron chi connectivity index (χ2n) is 4.09. The molecule has 0 aromatic rings. The van der Waals surface area contributed by atoms with E-state index in [-0.39, 0.29) is 11.9 Å². The molecule has 0 radical (unpaired) electrons. The molecule has 0 aromatic carbocycles. The van der Waals surface area contributed by atoms with Gasteiger partial charge in [-0.05, 0) is 12.3 Å². The molecule has 0 bridgehead atoms. The first-order valence-corrected chi connectivity index (χ1v) is 5.05. The molecule has 1 rings (SSSR count). The molecule has 0 aliphatic carbocycles. The van der Waals surface area contributed by atoms with Gasteiger partial charge < -0.3 is 10.0 Å².